The molecule has 0 spiro atoms. The van der Waals surface area contributed by atoms with Crippen LogP contribution in [0.15, 0.2) is 30.6 Å². The van der Waals surface area contributed by atoms with Gasteiger partial charge < -0.3 is 9.84 Å². The Morgan fingerprint density at radius 1 is 1.42 bits per heavy atom. The molecule has 0 aliphatic carbocycles. The maximum absolute atomic E-state index is 14.0. The fourth-order valence-electron chi connectivity index (χ4n) is 3.04. The first-order valence-corrected chi connectivity index (χ1v) is 7.70. The summed E-state index contributed by atoms with van der Waals surface area (Å²) >= 11 is 0. The molecule has 1 aromatic heterocycles. The topological polar surface area (TPSA) is 75.5 Å². The van der Waals surface area contributed by atoms with E-state index in [1.165, 1.54) is 25.6 Å². The van der Waals surface area contributed by atoms with Crippen molar-refractivity contribution in [3.8, 4) is 5.75 Å². The summed E-state index contributed by atoms with van der Waals surface area (Å²) in [6.45, 7) is 1.42. The van der Waals surface area contributed by atoms with Gasteiger partial charge in [-0.05, 0) is 37.1 Å². The van der Waals surface area contributed by atoms with Crippen molar-refractivity contribution in [3.05, 3.63) is 53.4 Å². The molecule has 3 rings (SSSR count). The molecule has 1 N–H and O–H groups in total. The number of ether oxygens (including phenoxy) is 1. The molecule has 0 amide bonds. The van der Waals surface area contributed by atoms with E-state index in [9.17, 15) is 9.18 Å². The molecule has 0 radical (unpaired) electrons. The third kappa shape index (κ3) is 3.35. The predicted octanol–water partition coefficient (Wildman–Crippen LogP) is 2.66. The molecule has 2 heterocycles. The summed E-state index contributed by atoms with van der Waals surface area (Å²) < 4.78 is 18.9. The van der Waals surface area contributed by atoms with Crippen LogP contribution >= 0.6 is 0 Å². The Morgan fingerprint density at radius 2 is 2.25 bits per heavy atom. The van der Waals surface area contributed by atoms with Crippen molar-refractivity contribution in [2.45, 2.75) is 25.4 Å². The van der Waals surface area contributed by atoms with Gasteiger partial charge in [0.25, 0.3) is 0 Å². The molecule has 6 nitrogen and oxygen atoms in total. The Hall–Kier alpha value is -2.54. The Morgan fingerprint density at radius 3 is 2.88 bits per heavy atom. The lowest BCUT2D eigenvalue weighted by atomic mass is 10.0. The molecule has 1 fully saturated rings. The lowest BCUT2D eigenvalue weighted by molar-refractivity contribution is 0.0690. The fourth-order valence-corrected chi connectivity index (χ4v) is 3.04. The number of benzene rings is 1. The molecule has 7 heteroatoms. The smallest absolute Gasteiger partial charge is 0.356 e. The minimum absolute atomic E-state index is 0.0750. The second kappa shape index (κ2) is 6.92. The van der Waals surface area contributed by atoms with Gasteiger partial charge in [0.15, 0.2) is 17.3 Å². The van der Waals surface area contributed by atoms with Crippen molar-refractivity contribution in [3.63, 3.8) is 0 Å². The van der Waals surface area contributed by atoms with Crippen molar-refractivity contribution >= 4 is 5.97 Å². The Labute approximate surface area is 138 Å². The number of aromatic nitrogens is 2. The number of rotatable bonds is 5. The zero-order valence-electron chi connectivity index (χ0n) is 13.3. The van der Waals surface area contributed by atoms with Crippen molar-refractivity contribution in [2.24, 2.45) is 0 Å². The van der Waals surface area contributed by atoms with Crippen molar-refractivity contribution in [1.82, 2.24) is 14.9 Å². The molecule has 1 saturated heterocycles. The number of carbonyl (C=O) groups is 1. The van der Waals surface area contributed by atoms with Crippen LogP contribution in [-0.2, 0) is 6.54 Å². The monoisotopic (exact) mass is 331 g/mol. The minimum Gasteiger partial charge on any atom is -0.494 e. The molecule has 1 aliphatic rings. The molecule has 0 saturated carbocycles. The van der Waals surface area contributed by atoms with Crippen molar-refractivity contribution in [2.75, 3.05) is 13.7 Å². The van der Waals surface area contributed by atoms with E-state index in [0.29, 0.717) is 12.2 Å². The minimum atomic E-state index is -1.10. The number of hydrogen-bond acceptors (Lipinski definition) is 5. The summed E-state index contributed by atoms with van der Waals surface area (Å²) in [6, 6.07) is 5.14. The van der Waals surface area contributed by atoms with Gasteiger partial charge >= 0.3 is 5.97 Å². The predicted molar refractivity (Wildman–Crippen MR) is 84.3 cm³/mol. The normalized spacial score (nSPS) is 17.8. The number of nitrogens with zero attached hydrogens (tertiary/aromatic N) is 3. The number of aromatic carboxylic acids is 1. The van der Waals surface area contributed by atoms with Gasteiger partial charge in [-0.25, -0.2) is 14.2 Å². The van der Waals surface area contributed by atoms with Gasteiger partial charge in [0, 0.05) is 12.6 Å². The lowest BCUT2D eigenvalue weighted by Crippen LogP contribution is -2.23. The highest BCUT2D eigenvalue weighted by molar-refractivity contribution is 5.84. The van der Waals surface area contributed by atoms with Gasteiger partial charge in [0.05, 0.1) is 25.2 Å². The van der Waals surface area contributed by atoms with E-state index in [2.05, 4.69) is 14.9 Å². The van der Waals surface area contributed by atoms with Crippen LogP contribution in [0.5, 0.6) is 5.75 Å². The summed E-state index contributed by atoms with van der Waals surface area (Å²) in [5.74, 6) is -1.23. The molecule has 1 aliphatic heterocycles. The summed E-state index contributed by atoms with van der Waals surface area (Å²) in [5, 5.41) is 8.86. The van der Waals surface area contributed by atoms with Crippen molar-refractivity contribution < 1.29 is 19.0 Å². The van der Waals surface area contributed by atoms with Gasteiger partial charge in [-0.2, -0.15) is 0 Å². The second-order valence-corrected chi connectivity index (χ2v) is 5.72. The fraction of sp³-hybridized carbons (Fsp3) is 0.353. The molecule has 0 bridgehead atoms. The SMILES string of the molecule is COc1ccc(C2CCCN2Cc2cnc(C(=O)O)cn2)cc1F. The first-order chi connectivity index (χ1) is 11.6. The maximum Gasteiger partial charge on any atom is 0.356 e. The van der Waals surface area contributed by atoms with Gasteiger partial charge in [-0.15, -0.1) is 0 Å². The quantitative estimate of drug-likeness (QED) is 0.908. The summed E-state index contributed by atoms with van der Waals surface area (Å²) in [5.41, 5.74) is 1.52. The lowest BCUT2D eigenvalue weighted by Gasteiger charge is -2.24. The van der Waals surface area contributed by atoms with Gasteiger partial charge in [0.2, 0.25) is 0 Å². The van der Waals surface area contributed by atoms with Crippen LogP contribution in [0.25, 0.3) is 0 Å². The number of methoxy groups -OCH3 is 1. The number of hydrogen-bond donors (Lipinski definition) is 1. The van der Waals surface area contributed by atoms with E-state index >= 15 is 0 Å². The molecular formula is C17H18FN3O3. The summed E-state index contributed by atoms with van der Waals surface area (Å²) in [6.07, 6.45) is 4.69. The molecule has 24 heavy (non-hydrogen) atoms. The third-order valence-electron chi connectivity index (χ3n) is 4.21. The molecule has 2 aromatic rings. The van der Waals surface area contributed by atoms with Crippen LogP contribution in [0, 0.1) is 5.82 Å². The number of likely N-dealkylation sites (tertiary alicyclic amines) is 1. The molecule has 1 aromatic carbocycles. The Bertz CT molecular complexity index is 736. The Balaban J connectivity index is 1.75. The van der Waals surface area contributed by atoms with Crippen LogP contribution in [-0.4, -0.2) is 39.6 Å². The van der Waals surface area contributed by atoms with E-state index in [1.807, 2.05) is 6.07 Å². The van der Waals surface area contributed by atoms with Crippen LogP contribution in [0.3, 0.4) is 0 Å². The highest BCUT2D eigenvalue weighted by Crippen LogP contribution is 2.34. The standard InChI is InChI=1S/C17H18FN3O3/c1-24-16-5-4-11(7-13(16)18)15-3-2-6-21(15)10-12-8-20-14(9-19-12)17(22)23/h4-5,7-9,15H,2-3,6,10H2,1H3,(H,22,23). The average Bonchev–Trinajstić information content (AvgIpc) is 3.03. The van der Waals surface area contributed by atoms with Crippen LogP contribution in [0.4, 0.5) is 4.39 Å². The first-order valence-electron chi connectivity index (χ1n) is 7.70. The number of carboxylic acid groups (broad SMARTS) is 1. The number of carboxylic acids is 1. The molecule has 126 valence electrons. The average molecular weight is 331 g/mol. The molecular weight excluding hydrogens is 313 g/mol. The molecule has 1 atom stereocenters. The van der Waals surface area contributed by atoms with Crippen LogP contribution in [0.1, 0.15) is 40.6 Å². The van der Waals surface area contributed by atoms with E-state index in [0.717, 1.165) is 24.9 Å². The zero-order chi connectivity index (χ0) is 17.1. The van der Waals surface area contributed by atoms with E-state index in [-0.39, 0.29) is 23.3 Å². The Kier molecular flexibility index (Phi) is 4.71. The molecule has 1 unspecified atom stereocenters. The van der Waals surface area contributed by atoms with E-state index in [4.69, 9.17) is 9.84 Å². The maximum atomic E-state index is 14.0. The second-order valence-electron chi connectivity index (χ2n) is 5.72. The zero-order valence-corrected chi connectivity index (χ0v) is 13.3. The van der Waals surface area contributed by atoms with Gasteiger partial charge in [-0.1, -0.05) is 6.07 Å². The summed E-state index contributed by atoms with van der Waals surface area (Å²) in [4.78, 5) is 21.1. The first kappa shape index (κ1) is 16.3. The third-order valence-corrected chi connectivity index (χ3v) is 4.21. The highest BCUT2D eigenvalue weighted by Gasteiger charge is 2.27. The van der Waals surface area contributed by atoms with Crippen molar-refractivity contribution in [1.29, 1.82) is 0 Å². The van der Waals surface area contributed by atoms with Crippen LogP contribution < -0.4 is 4.74 Å². The van der Waals surface area contributed by atoms with E-state index in [1.54, 1.807) is 6.07 Å². The van der Waals surface area contributed by atoms with Gasteiger partial charge in [0.1, 0.15) is 0 Å². The highest BCUT2D eigenvalue weighted by atomic mass is 19.1. The van der Waals surface area contributed by atoms with Crippen LogP contribution in [0.2, 0.25) is 0 Å². The number of halogens is 1. The van der Waals surface area contributed by atoms with E-state index < -0.39 is 5.97 Å². The van der Waals surface area contributed by atoms with Gasteiger partial charge in [-0.3, -0.25) is 9.88 Å². The summed E-state index contributed by atoms with van der Waals surface area (Å²) in [7, 11) is 1.44. The largest absolute Gasteiger partial charge is 0.494 e.